The number of amides is 2. The summed E-state index contributed by atoms with van der Waals surface area (Å²) in [6.07, 6.45) is -0.00668. The number of primary amides is 1. The van der Waals surface area contributed by atoms with Crippen LogP contribution < -0.4 is 15.8 Å². The fourth-order valence-corrected chi connectivity index (χ4v) is 1.41. The van der Waals surface area contributed by atoms with Crippen LogP contribution in [-0.4, -0.2) is 46.7 Å². The summed E-state index contributed by atoms with van der Waals surface area (Å²) in [5.74, 6) is -1.94. The van der Waals surface area contributed by atoms with E-state index in [2.05, 4.69) is 5.32 Å². The predicted octanol–water partition coefficient (Wildman–Crippen LogP) is -0.494. The highest BCUT2D eigenvalue weighted by molar-refractivity contribution is 5.92. The Labute approximate surface area is 126 Å². The number of nitrogens with one attached hydrogen (secondary N) is 1. The summed E-state index contributed by atoms with van der Waals surface area (Å²) >= 11 is 0. The number of carboxylic acids is 1. The summed E-state index contributed by atoms with van der Waals surface area (Å²) in [4.78, 5) is 33.0. The van der Waals surface area contributed by atoms with Crippen molar-refractivity contribution in [2.75, 3.05) is 13.2 Å². The van der Waals surface area contributed by atoms with E-state index in [1.807, 2.05) is 0 Å². The van der Waals surface area contributed by atoms with Crippen molar-refractivity contribution in [3.63, 3.8) is 0 Å². The Hall–Kier alpha value is -2.61. The Morgan fingerprint density at radius 2 is 1.86 bits per heavy atom. The number of hydrogen-bond acceptors (Lipinski definition) is 5. The molecule has 1 aromatic rings. The molecule has 120 valence electrons. The summed E-state index contributed by atoms with van der Waals surface area (Å²) < 4.78 is 5.30. The molecule has 5 N–H and O–H groups in total. The van der Waals surface area contributed by atoms with Crippen molar-refractivity contribution in [3.8, 4) is 5.75 Å². The minimum absolute atomic E-state index is 0.00668. The molecule has 0 saturated carbocycles. The summed E-state index contributed by atoms with van der Waals surface area (Å²) in [5, 5.41) is 20.4. The van der Waals surface area contributed by atoms with E-state index in [0.717, 1.165) is 6.92 Å². The average molecular weight is 310 g/mol. The quantitative estimate of drug-likeness (QED) is 0.511. The Kier molecular flexibility index (Phi) is 5.88. The van der Waals surface area contributed by atoms with Gasteiger partial charge in [0.05, 0.1) is 19.6 Å². The third-order valence-electron chi connectivity index (χ3n) is 2.83. The standard InChI is InChI=1S/C14H18N2O6/c1-14(21,13(19)20)8-16-11(17)6-7-22-10-4-2-9(3-5-10)12(15)18/h2-5,21H,6-8H2,1H3,(H2,15,18)(H,16,17)(H,19,20). The van der Waals surface area contributed by atoms with E-state index in [1.165, 1.54) is 12.1 Å². The van der Waals surface area contributed by atoms with E-state index in [-0.39, 0.29) is 13.0 Å². The van der Waals surface area contributed by atoms with Gasteiger partial charge in [0.2, 0.25) is 11.8 Å². The molecule has 0 fully saturated rings. The lowest BCUT2D eigenvalue weighted by Gasteiger charge is -2.18. The molecular formula is C14H18N2O6. The van der Waals surface area contributed by atoms with Gasteiger partial charge in [-0.25, -0.2) is 4.79 Å². The highest BCUT2D eigenvalue weighted by Gasteiger charge is 2.30. The van der Waals surface area contributed by atoms with Crippen molar-refractivity contribution < 1.29 is 29.3 Å². The first kappa shape index (κ1) is 17.4. The van der Waals surface area contributed by atoms with Crippen LogP contribution in [0.2, 0.25) is 0 Å². The van der Waals surface area contributed by atoms with Gasteiger partial charge in [-0.05, 0) is 31.2 Å². The number of nitrogens with two attached hydrogens (primary N) is 1. The van der Waals surface area contributed by atoms with Gasteiger partial charge in [-0.15, -0.1) is 0 Å². The van der Waals surface area contributed by atoms with Crippen LogP contribution in [0.5, 0.6) is 5.75 Å². The zero-order valence-electron chi connectivity index (χ0n) is 12.0. The third kappa shape index (κ3) is 5.41. The summed E-state index contributed by atoms with van der Waals surface area (Å²) in [5.41, 5.74) is 3.43. The maximum atomic E-state index is 11.5. The van der Waals surface area contributed by atoms with E-state index in [0.29, 0.717) is 11.3 Å². The van der Waals surface area contributed by atoms with Crippen LogP contribution in [0.1, 0.15) is 23.7 Å². The number of rotatable bonds is 8. The number of carbonyl (C=O) groups excluding carboxylic acids is 2. The van der Waals surface area contributed by atoms with Gasteiger partial charge in [0.1, 0.15) is 5.75 Å². The molecule has 0 bridgehead atoms. The third-order valence-corrected chi connectivity index (χ3v) is 2.83. The zero-order chi connectivity index (χ0) is 16.8. The maximum Gasteiger partial charge on any atom is 0.337 e. The molecule has 0 aromatic heterocycles. The molecule has 8 heteroatoms. The monoisotopic (exact) mass is 310 g/mol. The molecular weight excluding hydrogens is 292 g/mol. The van der Waals surface area contributed by atoms with Crippen LogP contribution in [-0.2, 0) is 9.59 Å². The molecule has 2 amide bonds. The van der Waals surface area contributed by atoms with Crippen LogP contribution in [0.3, 0.4) is 0 Å². The fourth-order valence-electron chi connectivity index (χ4n) is 1.41. The summed E-state index contributed by atoms with van der Waals surface area (Å²) in [7, 11) is 0. The van der Waals surface area contributed by atoms with Gasteiger partial charge in [0.25, 0.3) is 0 Å². The molecule has 0 heterocycles. The second kappa shape index (κ2) is 7.41. The van der Waals surface area contributed by atoms with Crippen molar-refractivity contribution in [3.05, 3.63) is 29.8 Å². The highest BCUT2D eigenvalue weighted by atomic mass is 16.5. The number of carboxylic acid groups (broad SMARTS) is 1. The van der Waals surface area contributed by atoms with E-state index in [9.17, 15) is 19.5 Å². The average Bonchev–Trinajstić information content (AvgIpc) is 2.45. The molecule has 1 atom stereocenters. The SMILES string of the molecule is CC(O)(CNC(=O)CCOc1ccc(C(N)=O)cc1)C(=O)O. The lowest BCUT2D eigenvalue weighted by atomic mass is 10.1. The number of aliphatic hydroxyl groups is 1. The summed E-state index contributed by atoms with van der Waals surface area (Å²) in [6, 6.07) is 6.10. The molecule has 0 saturated heterocycles. The molecule has 1 rings (SSSR count). The predicted molar refractivity (Wildman–Crippen MR) is 76.3 cm³/mol. The van der Waals surface area contributed by atoms with Gasteiger partial charge < -0.3 is 26.0 Å². The van der Waals surface area contributed by atoms with Crippen LogP contribution in [0.25, 0.3) is 0 Å². The number of carbonyl (C=O) groups is 3. The van der Waals surface area contributed by atoms with Gasteiger partial charge >= 0.3 is 5.97 Å². The van der Waals surface area contributed by atoms with Gasteiger partial charge in [-0.3, -0.25) is 9.59 Å². The minimum atomic E-state index is -2.01. The molecule has 0 aliphatic carbocycles. The molecule has 1 unspecified atom stereocenters. The first-order chi connectivity index (χ1) is 10.2. The summed E-state index contributed by atoms with van der Waals surface area (Å²) in [6.45, 7) is 0.762. The second-order valence-corrected chi connectivity index (χ2v) is 4.84. The first-order valence-electron chi connectivity index (χ1n) is 6.47. The van der Waals surface area contributed by atoms with Gasteiger partial charge in [-0.2, -0.15) is 0 Å². The maximum absolute atomic E-state index is 11.5. The Morgan fingerprint density at radius 1 is 1.27 bits per heavy atom. The van der Waals surface area contributed by atoms with Gasteiger partial charge in [0.15, 0.2) is 5.60 Å². The smallest absolute Gasteiger partial charge is 0.337 e. The van der Waals surface area contributed by atoms with E-state index >= 15 is 0 Å². The molecule has 0 spiro atoms. The van der Waals surface area contributed by atoms with E-state index in [4.69, 9.17) is 15.6 Å². The fraction of sp³-hybridized carbons (Fsp3) is 0.357. The van der Waals surface area contributed by atoms with Gasteiger partial charge in [0, 0.05) is 5.56 Å². The topological polar surface area (TPSA) is 139 Å². The number of ether oxygens (including phenoxy) is 1. The normalized spacial score (nSPS) is 13.0. The van der Waals surface area contributed by atoms with Crippen molar-refractivity contribution >= 4 is 17.8 Å². The molecule has 0 aliphatic heterocycles. The molecule has 0 radical (unpaired) electrons. The molecule has 22 heavy (non-hydrogen) atoms. The van der Waals surface area contributed by atoms with Crippen molar-refractivity contribution in [2.24, 2.45) is 5.73 Å². The lowest BCUT2D eigenvalue weighted by Crippen LogP contribution is -2.46. The Balaban J connectivity index is 2.33. The molecule has 8 nitrogen and oxygen atoms in total. The van der Waals surface area contributed by atoms with Gasteiger partial charge in [-0.1, -0.05) is 0 Å². The second-order valence-electron chi connectivity index (χ2n) is 4.84. The van der Waals surface area contributed by atoms with Crippen molar-refractivity contribution in [2.45, 2.75) is 18.9 Å². The number of aliphatic carboxylic acids is 1. The van der Waals surface area contributed by atoms with Crippen molar-refractivity contribution in [1.82, 2.24) is 5.32 Å². The zero-order valence-corrected chi connectivity index (χ0v) is 12.0. The minimum Gasteiger partial charge on any atom is -0.493 e. The number of benzene rings is 1. The lowest BCUT2D eigenvalue weighted by molar-refractivity contribution is -0.156. The van der Waals surface area contributed by atoms with E-state index in [1.54, 1.807) is 12.1 Å². The molecule has 1 aromatic carbocycles. The van der Waals surface area contributed by atoms with E-state index < -0.39 is 29.9 Å². The van der Waals surface area contributed by atoms with Crippen molar-refractivity contribution in [1.29, 1.82) is 0 Å². The Morgan fingerprint density at radius 3 is 2.36 bits per heavy atom. The van der Waals surface area contributed by atoms with Crippen LogP contribution in [0.4, 0.5) is 0 Å². The van der Waals surface area contributed by atoms with Crippen LogP contribution >= 0.6 is 0 Å². The highest BCUT2D eigenvalue weighted by Crippen LogP contribution is 2.12. The van der Waals surface area contributed by atoms with Crippen LogP contribution in [0.15, 0.2) is 24.3 Å². The number of hydrogen-bond donors (Lipinski definition) is 4. The first-order valence-corrected chi connectivity index (χ1v) is 6.47. The Bertz CT molecular complexity index is 553. The largest absolute Gasteiger partial charge is 0.493 e. The molecule has 0 aliphatic rings. The van der Waals surface area contributed by atoms with Crippen LogP contribution in [0, 0.1) is 0 Å².